The molecule has 2 aliphatic rings. The third kappa shape index (κ3) is 4.74. The van der Waals surface area contributed by atoms with E-state index in [0.717, 1.165) is 22.9 Å². The highest BCUT2D eigenvalue weighted by Gasteiger charge is 2.35. The van der Waals surface area contributed by atoms with Crippen molar-refractivity contribution >= 4 is 34.1 Å². The van der Waals surface area contributed by atoms with Crippen LogP contribution in [0, 0.1) is 0 Å². The molecule has 3 aromatic carbocycles. The zero-order valence-corrected chi connectivity index (χ0v) is 20.2. The molecule has 2 atom stereocenters. The molecule has 0 saturated heterocycles. The van der Waals surface area contributed by atoms with E-state index in [0.29, 0.717) is 36.3 Å². The molecular formula is C28H32N4O3. The van der Waals surface area contributed by atoms with Crippen molar-refractivity contribution in [1.29, 1.82) is 0 Å². The summed E-state index contributed by atoms with van der Waals surface area (Å²) in [5.74, 6) is 0.572. The van der Waals surface area contributed by atoms with E-state index in [4.69, 9.17) is 10.5 Å². The van der Waals surface area contributed by atoms with Crippen LogP contribution in [0.3, 0.4) is 0 Å². The van der Waals surface area contributed by atoms with Crippen LogP contribution in [0.2, 0.25) is 0 Å². The van der Waals surface area contributed by atoms with Crippen LogP contribution in [-0.4, -0.2) is 43.7 Å². The van der Waals surface area contributed by atoms with Crippen LogP contribution in [-0.2, 0) is 4.79 Å². The smallest absolute Gasteiger partial charge is 0.409 e. The number of carbonyl (C=O) groups excluding carboxylic acids is 2. The van der Waals surface area contributed by atoms with E-state index < -0.39 is 6.09 Å². The van der Waals surface area contributed by atoms with Crippen molar-refractivity contribution in [3.8, 4) is 5.75 Å². The van der Waals surface area contributed by atoms with E-state index in [1.54, 1.807) is 22.8 Å². The van der Waals surface area contributed by atoms with E-state index in [2.05, 4.69) is 5.32 Å². The second kappa shape index (κ2) is 9.68. The number of amides is 2. The van der Waals surface area contributed by atoms with Gasteiger partial charge < -0.3 is 20.7 Å². The van der Waals surface area contributed by atoms with Crippen LogP contribution in [0.4, 0.5) is 16.2 Å². The zero-order chi connectivity index (χ0) is 24.5. The summed E-state index contributed by atoms with van der Waals surface area (Å²) in [5.41, 5.74) is 8.55. The Hall–Kier alpha value is -3.42. The van der Waals surface area contributed by atoms with E-state index in [1.165, 1.54) is 12.8 Å². The number of ether oxygens (including phenoxy) is 1. The lowest BCUT2D eigenvalue weighted by Gasteiger charge is -2.40. The summed E-state index contributed by atoms with van der Waals surface area (Å²) in [7, 11) is 0. The van der Waals surface area contributed by atoms with Gasteiger partial charge in [0.05, 0.1) is 17.4 Å². The number of nitrogens with one attached hydrogen (secondary N) is 1. The molecule has 1 unspecified atom stereocenters. The average Bonchev–Trinajstić information content (AvgIpc) is 3.68. The topological polar surface area (TPSA) is 87.9 Å². The standard InChI is InChI=1S/C28H32N4O3/c1-18-17-31(28(34)35-27-9-5-7-20-6-3-4-8-24(20)27)26-14-21(10-13-25(26)32(18)19(2)33)22(15-29)16-30-23-11-12-23/h3-10,13-14,18,22-23,30H,11-12,15-17,29H2,1-2H3/t18-,22?/m0/s1. The summed E-state index contributed by atoms with van der Waals surface area (Å²) >= 11 is 0. The number of anilines is 2. The first kappa shape index (κ1) is 23.3. The molecule has 0 radical (unpaired) electrons. The first-order chi connectivity index (χ1) is 17.0. The minimum absolute atomic E-state index is 0.0562. The van der Waals surface area contributed by atoms with Crippen molar-refractivity contribution in [3.05, 3.63) is 66.2 Å². The highest BCUT2D eigenvalue weighted by molar-refractivity contribution is 6.03. The van der Waals surface area contributed by atoms with Gasteiger partial charge in [-0.1, -0.05) is 42.5 Å². The third-order valence-corrected chi connectivity index (χ3v) is 6.93. The van der Waals surface area contributed by atoms with E-state index in [9.17, 15) is 9.59 Å². The molecule has 2 amide bonds. The van der Waals surface area contributed by atoms with E-state index in [-0.39, 0.29) is 17.9 Å². The van der Waals surface area contributed by atoms with E-state index in [1.807, 2.05) is 61.5 Å². The maximum Gasteiger partial charge on any atom is 0.419 e. The first-order valence-corrected chi connectivity index (χ1v) is 12.3. The maximum absolute atomic E-state index is 13.5. The number of rotatable bonds is 6. The fraction of sp³-hybridized carbons (Fsp3) is 0.357. The predicted molar refractivity (Wildman–Crippen MR) is 139 cm³/mol. The van der Waals surface area contributed by atoms with Crippen LogP contribution < -0.4 is 25.6 Å². The molecule has 0 aromatic heterocycles. The Balaban J connectivity index is 1.49. The quantitative estimate of drug-likeness (QED) is 0.555. The number of nitrogens with two attached hydrogens (primary N) is 1. The Labute approximate surface area is 205 Å². The van der Waals surface area contributed by atoms with Gasteiger partial charge in [0.2, 0.25) is 5.91 Å². The normalized spacial score (nSPS) is 18.3. The molecule has 1 aliphatic carbocycles. The molecule has 7 heteroatoms. The summed E-state index contributed by atoms with van der Waals surface area (Å²) < 4.78 is 5.93. The summed E-state index contributed by atoms with van der Waals surface area (Å²) in [6, 6.07) is 19.8. The molecule has 7 nitrogen and oxygen atoms in total. The van der Waals surface area contributed by atoms with Crippen molar-refractivity contribution in [1.82, 2.24) is 5.32 Å². The van der Waals surface area contributed by atoms with Gasteiger partial charge in [0.15, 0.2) is 0 Å². The van der Waals surface area contributed by atoms with Crippen molar-refractivity contribution < 1.29 is 14.3 Å². The highest BCUT2D eigenvalue weighted by Crippen LogP contribution is 2.39. The second-order valence-corrected chi connectivity index (χ2v) is 9.56. The van der Waals surface area contributed by atoms with Gasteiger partial charge >= 0.3 is 6.09 Å². The number of carbonyl (C=O) groups is 2. The fourth-order valence-electron chi connectivity index (χ4n) is 4.92. The van der Waals surface area contributed by atoms with Gasteiger partial charge in [-0.2, -0.15) is 0 Å². The molecule has 0 spiro atoms. The van der Waals surface area contributed by atoms with Crippen LogP contribution >= 0.6 is 0 Å². The molecule has 1 fully saturated rings. The Morgan fingerprint density at radius 3 is 2.60 bits per heavy atom. The molecule has 3 N–H and O–H groups in total. The monoisotopic (exact) mass is 472 g/mol. The molecule has 182 valence electrons. The Morgan fingerprint density at radius 1 is 1.09 bits per heavy atom. The minimum atomic E-state index is -0.463. The lowest BCUT2D eigenvalue weighted by Crippen LogP contribution is -2.52. The molecule has 35 heavy (non-hydrogen) atoms. The molecular weight excluding hydrogens is 440 g/mol. The molecule has 0 bridgehead atoms. The summed E-state index contributed by atoms with van der Waals surface area (Å²) in [4.78, 5) is 29.4. The van der Waals surface area contributed by atoms with Gasteiger partial charge in [-0.25, -0.2) is 4.79 Å². The lowest BCUT2D eigenvalue weighted by molar-refractivity contribution is -0.117. The maximum atomic E-state index is 13.5. The van der Waals surface area contributed by atoms with Crippen LogP contribution in [0.5, 0.6) is 5.75 Å². The van der Waals surface area contributed by atoms with E-state index >= 15 is 0 Å². The molecule has 1 heterocycles. The lowest BCUT2D eigenvalue weighted by atomic mass is 9.96. The SMILES string of the molecule is CC(=O)N1c2ccc(C(CN)CNC3CC3)cc2N(C(=O)Oc2cccc3ccccc23)C[C@@H]1C. The third-order valence-electron chi connectivity index (χ3n) is 6.93. The Bertz CT molecular complexity index is 1250. The van der Waals surface area contributed by atoms with Crippen molar-refractivity contribution in [2.24, 2.45) is 5.73 Å². The van der Waals surface area contributed by atoms with Crippen LogP contribution in [0.1, 0.15) is 38.2 Å². The minimum Gasteiger partial charge on any atom is -0.409 e. The molecule has 5 rings (SSSR count). The summed E-state index contributed by atoms with van der Waals surface area (Å²) in [6.45, 7) is 5.12. The average molecular weight is 473 g/mol. The summed E-state index contributed by atoms with van der Waals surface area (Å²) in [5, 5.41) is 5.43. The van der Waals surface area contributed by atoms with Gasteiger partial charge in [0.25, 0.3) is 0 Å². The largest absolute Gasteiger partial charge is 0.419 e. The van der Waals surface area contributed by atoms with Gasteiger partial charge in [0, 0.05) is 43.9 Å². The number of hydrogen-bond donors (Lipinski definition) is 2. The Morgan fingerprint density at radius 2 is 1.86 bits per heavy atom. The van der Waals surface area contributed by atoms with Crippen molar-refractivity contribution in [2.75, 3.05) is 29.4 Å². The second-order valence-electron chi connectivity index (χ2n) is 9.56. The number of nitrogens with zero attached hydrogens (tertiary/aromatic N) is 2. The predicted octanol–water partition coefficient (Wildman–Crippen LogP) is 4.39. The number of fused-ring (bicyclic) bond motifs is 2. The highest BCUT2D eigenvalue weighted by atomic mass is 16.6. The Kier molecular flexibility index (Phi) is 6.45. The molecule has 1 aliphatic heterocycles. The summed E-state index contributed by atoms with van der Waals surface area (Å²) in [6.07, 6.45) is 1.96. The van der Waals surface area contributed by atoms with Gasteiger partial charge in [-0.3, -0.25) is 9.69 Å². The van der Waals surface area contributed by atoms with Gasteiger partial charge in [-0.15, -0.1) is 0 Å². The van der Waals surface area contributed by atoms with Crippen molar-refractivity contribution in [2.45, 2.75) is 44.7 Å². The number of benzene rings is 3. The fourth-order valence-corrected chi connectivity index (χ4v) is 4.92. The van der Waals surface area contributed by atoms with Gasteiger partial charge in [-0.05, 0) is 48.9 Å². The van der Waals surface area contributed by atoms with Crippen molar-refractivity contribution in [3.63, 3.8) is 0 Å². The number of hydrogen-bond acceptors (Lipinski definition) is 5. The van der Waals surface area contributed by atoms with Gasteiger partial charge in [0.1, 0.15) is 5.75 Å². The van der Waals surface area contributed by atoms with Crippen LogP contribution in [0.15, 0.2) is 60.7 Å². The van der Waals surface area contributed by atoms with Crippen LogP contribution in [0.25, 0.3) is 10.8 Å². The molecule has 3 aromatic rings. The zero-order valence-electron chi connectivity index (χ0n) is 20.2. The molecule has 1 saturated carbocycles. The first-order valence-electron chi connectivity index (χ1n) is 12.3.